The molecule has 1 rings (SSSR count). The van der Waals surface area contributed by atoms with E-state index in [1.54, 1.807) is 6.08 Å². The first-order valence-electron chi connectivity index (χ1n) is 8.60. The number of hydrogen-bond donors (Lipinski definition) is 0. The van der Waals surface area contributed by atoms with Gasteiger partial charge in [0.15, 0.2) is 5.78 Å². The predicted octanol–water partition coefficient (Wildman–Crippen LogP) is 5.62. The molecule has 0 spiro atoms. The van der Waals surface area contributed by atoms with Crippen molar-refractivity contribution in [1.29, 1.82) is 0 Å². The molecule has 1 aromatic rings. The minimum absolute atomic E-state index is 0.0542. The smallest absolute Gasteiger partial charge is 0.161 e. The lowest BCUT2D eigenvalue weighted by Crippen LogP contribution is -2.22. The number of rotatable bonds is 4. The Kier molecular flexibility index (Phi) is 5.97. The van der Waals surface area contributed by atoms with Gasteiger partial charge in [-0.2, -0.15) is 0 Å². The highest BCUT2D eigenvalue weighted by Crippen LogP contribution is 2.31. The number of carbonyl (C=O) groups excluding carboxylic acids is 2. The Hall–Kier alpha value is -1.70. The Labute approximate surface area is 147 Å². The van der Waals surface area contributed by atoms with Crippen LogP contribution in [-0.2, 0) is 9.59 Å². The molecular weight excluding hydrogens is 296 g/mol. The predicted molar refractivity (Wildman–Crippen MR) is 102 cm³/mol. The molecule has 0 saturated carbocycles. The van der Waals surface area contributed by atoms with E-state index in [2.05, 4.69) is 19.1 Å². The molecule has 0 aliphatic rings. The second-order valence-corrected chi connectivity index (χ2v) is 8.91. The van der Waals surface area contributed by atoms with E-state index in [-0.39, 0.29) is 18.0 Å². The molecule has 0 saturated heterocycles. The summed E-state index contributed by atoms with van der Waals surface area (Å²) in [5, 5.41) is 0. The van der Waals surface area contributed by atoms with Gasteiger partial charge >= 0.3 is 0 Å². The van der Waals surface area contributed by atoms with Crippen molar-refractivity contribution in [2.45, 2.75) is 68.7 Å². The van der Waals surface area contributed by atoms with Gasteiger partial charge in [0.2, 0.25) is 0 Å². The standard InChI is InChI=1S/C22H32O2/c1-14-10-15(2)20(16(3)11-14)17(12-18(23)21(4,5)6)13-19(24)22(7,8)9/h10-12H,13H2,1-9H3/b17-12+. The van der Waals surface area contributed by atoms with E-state index in [0.29, 0.717) is 0 Å². The monoisotopic (exact) mass is 328 g/mol. The second kappa shape index (κ2) is 7.04. The first-order chi connectivity index (χ1) is 10.7. The van der Waals surface area contributed by atoms with Crippen molar-refractivity contribution >= 4 is 17.1 Å². The van der Waals surface area contributed by atoms with Crippen molar-refractivity contribution in [3.05, 3.63) is 40.5 Å². The van der Waals surface area contributed by atoms with Crippen molar-refractivity contribution in [2.75, 3.05) is 0 Å². The lowest BCUT2D eigenvalue weighted by Gasteiger charge is -2.22. The average Bonchev–Trinajstić information content (AvgIpc) is 2.34. The van der Waals surface area contributed by atoms with Crippen LogP contribution in [0.4, 0.5) is 0 Å². The highest BCUT2D eigenvalue weighted by Gasteiger charge is 2.26. The van der Waals surface area contributed by atoms with Gasteiger partial charge in [0.1, 0.15) is 5.78 Å². The molecule has 0 radical (unpaired) electrons. The maximum atomic E-state index is 12.6. The molecule has 0 unspecified atom stereocenters. The Bertz CT molecular complexity index is 654. The van der Waals surface area contributed by atoms with E-state index in [4.69, 9.17) is 0 Å². The molecule has 132 valence electrons. The van der Waals surface area contributed by atoms with E-state index in [0.717, 1.165) is 22.3 Å². The van der Waals surface area contributed by atoms with Gasteiger partial charge in [0.05, 0.1) is 0 Å². The molecule has 24 heavy (non-hydrogen) atoms. The summed E-state index contributed by atoms with van der Waals surface area (Å²) in [6.07, 6.45) is 1.98. The molecule has 0 aliphatic carbocycles. The van der Waals surface area contributed by atoms with Crippen molar-refractivity contribution in [2.24, 2.45) is 10.8 Å². The summed E-state index contributed by atoms with van der Waals surface area (Å²) in [4.78, 5) is 25.2. The Morgan fingerprint density at radius 3 is 1.71 bits per heavy atom. The van der Waals surface area contributed by atoms with Gasteiger partial charge in [-0.25, -0.2) is 0 Å². The molecule has 0 fully saturated rings. The van der Waals surface area contributed by atoms with Crippen LogP contribution in [0.3, 0.4) is 0 Å². The lowest BCUT2D eigenvalue weighted by atomic mass is 9.81. The number of aryl methyl sites for hydroxylation is 3. The van der Waals surface area contributed by atoms with Crippen LogP contribution in [0.25, 0.3) is 5.57 Å². The fourth-order valence-corrected chi connectivity index (χ4v) is 2.71. The molecule has 0 heterocycles. The van der Waals surface area contributed by atoms with Crippen molar-refractivity contribution in [1.82, 2.24) is 0 Å². The van der Waals surface area contributed by atoms with Crippen LogP contribution < -0.4 is 0 Å². The highest BCUT2D eigenvalue weighted by atomic mass is 16.1. The van der Waals surface area contributed by atoms with Crippen LogP contribution in [-0.4, -0.2) is 11.6 Å². The first-order valence-corrected chi connectivity index (χ1v) is 8.60. The molecule has 0 aliphatic heterocycles. The number of allylic oxidation sites excluding steroid dienone is 2. The maximum absolute atomic E-state index is 12.6. The topological polar surface area (TPSA) is 34.1 Å². The fourth-order valence-electron chi connectivity index (χ4n) is 2.71. The average molecular weight is 328 g/mol. The molecule has 0 atom stereocenters. The summed E-state index contributed by atoms with van der Waals surface area (Å²) in [7, 11) is 0. The van der Waals surface area contributed by atoms with Crippen LogP contribution in [0.15, 0.2) is 18.2 Å². The minimum Gasteiger partial charge on any atom is -0.299 e. The van der Waals surface area contributed by atoms with E-state index < -0.39 is 10.8 Å². The number of hydrogen-bond acceptors (Lipinski definition) is 2. The van der Waals surface area contributed by atoms with Gasteiger partial charge in [0, 0.05) is 17.3 Å². The molecular formula is C22H32O2. The van der Waals surface area contributed by atoms with Crippen LogP contribution in [0, 0.1) is 31.6 Å². The normalized spacial score (nSPS) is 13.1. The number of carbonyl (C=O) groups is 2. The van der Waals surface area contributed by atoms with Crippen LogP contribution in [0.5, 0.6) is 0 Å². The Morgan fingerprint density at radius 1 is 0.875 bits per heavy atom. The van der Waals surface area contributed by atoms with Gasteiger partial charge in [-0.3, -0.25) is 9.59 Å². The van der Waals surface area contributed by atoms with Gasteiger partial charge in [-0.05, 0) is 49.1 Å². The molecule has 2 nitrogen and oxygen atoms in total. The quantitative estimate of drug-likeness (QED) is 0.673. The largest absolute Gasteiger partial charge is 0.299 e. The van der Waals surface area contributed by atoms with E-state index in [1.165, 1.54) is 5.56 Å². The van der Waals surface area contributed by atoms with Gasteiger partial charge in [-0.1, -0.05) is 59.2 Å². The molecule has 1 aromatic carbocycles. The van der Waals surface area contributed by atoms with E-state index in [1.807, 2.05) is 55.4 Å². The van der Waals surface area contributed by atoms with E-state index in [9.17, 15) is 9.59 Å². The lowest BCUT2D eigenvalue weighted by molar-refractivity contribution is -0.125. The van der Waals surface area contributed by atoms with Crippen molar-refractivity contribution in [3.8, 4) is 0 Å². The van der Waals surface area contributed by atoms with Crippen molar-refractivity contribution < 1.29 is 9.59 Å². The highest BCUT2D eigenvalue weighted by molar-refractivity contribution is 6.04. The zero-order valence-electron chi connectivity index (χ0n) is 16.8. The molecule has 0 N–H and O–H groups in total. The minimum atomic E-state index is -0.456. The number of benzene rings is 1. The third kappa shape index (κ3) is 5.15. The fraction of sp³-hybridized carbons (Fsp3) is 0.545. The summed E-state index contributed by atoms with van der Waals surface area (Å²) in [6.45, 7) is 17.7. The summed E-state index contributed by atoms with van der Waals surface area (Å²) in [6, 6.07) is 4.22. The molecule has 0 aromatic heterocycles. The third-order valence-electron chi connectivity index (χ3n) is 4.23. The number of Topliss-reactive ketones (excluding diaryl/α,β-unsaturated/α-hetero) is 1. The Balaban J connectivity index is 3.48. The van der Waals surface area contributed by atoms with Gasteiger partial charge in [-0.15, -0.1) is 0 Å². The summed E-state index contributed by atoms with van der Waals surface area (Å²) in [5.74, 6) is 0.202. The van der Waals surface area contributed by atoms with Crippen LogP contribution in [0.1, 0.15) is 70.2 Å². The molecule has 0 bridgehead atoms. The van der Waals surface area contributed by atoms with E-state index >= 15 is 0 Å². The maximum Gasteiger partial charge on any atom is 0.161 e. The molecule has 0 amide bonds. The zero-order chi connectivity index (χ0) is 18.9. The summed E-state index contributed by atoms with van der Waals surface area (Å²) in [5.41, 5.74) is 4.42. The molecule has 2 heteroatoms. The SMILES string of the molecule is Cc1cc(C)c(/C(=C/C(=O)C(C)(C)C)CC(=O)C(C)(C)C)c(C)c1. The zero-order valence-corrected chi connectivity index (χ0v) is 16.8. The summed E-state index contributed by atoms with van der Waals surface area (Å²) >= 11 is 0. The third-order valence-corrected chi connectivity index (χ3v) is 4.23. The number of ketones is 2. The van der Waals surface area contributed by atoms with Gasteiger partial charge in [0.25, 0.3) is 0 Å². The van der Waals surface area contributed by atoms with Crippen LogP contribution >= 0.6 is 0 Å². The van der Waals surface area contributed by atoms with Gasteiger partial charge < -0.3 is 0 Å². The Morgan fingerprint density at radius 2 is 1.33 bits per heavy atom. The van der Waals surface area contributed by atoms with Crippen LogP contribution in [0.2, 0.25) is 0 Å². The first kappa shape index (κ1) is 20.3. The second-order valence-electron chi connectivity index (χ2n) is 8.91. The van der Waals surface area contributed by atoms with Crippen molar-refractivity contribution in [3.63, 3.8) is 0 Å². The summed E-state index contributed by atoms with van der Waals surface area (Å²) < 4.78 is 0.